The van der Waals surface area contributed by atoms with Crippen LogP contribution in [0.25, 0.3) is 0 Å². The molecule has 1 aromatic carbocycles. The van der Waals surface area contributed by atoms with Crippen LogP contribution in [0.1, 0.15) is 22.3 Å². The minimum atomic E-state index is -0.0862. The zero-order valence-electron chi connectivity index (χ0n) is 14.7. The molecule has 0 unspecified atom stereocenters. The Hall–Kier alpha value is -2.96. The second-order valence-electron chi connectivity index (χ2n) is 6.23. The molecule has 0 saturated carbocycles. The van der Waals surface area contributed by atoms with E-state index in [1.807, 2.05) is 18.2 Å². The molecule has 3 rings (SSSR count). The van der Waals surface area contributed by atoms with Gasteiger partial charge in [0.15, 0.2) is 0 Å². The van der Waals surface area contributed by atoms with Crippen LogP contribution in [0, 0.1) is 0 Å². The highest BCUT2D eigenvalue weighted by Crippen LogP contribution is 2.08. The number of carbonyl (C=O) groups excluding carboxylic acids is 2. The van der Waals surface area contributed by atoms with E-state index in [2.05, 4.69) is 27.4 Å². The molecule has 7 heteroatoms. The van der Waals surface area contributed by atoms with E-state index in [0.717, 1.165) is 12.8 Å². The van der Waals surface area contributed by atoms with Crippen LogP contribution in [0.4, 0.5) is 4.79 Å². The average Bonchev–Trinajstić information content (AvgIpc) is 2.95. The second-order valence-corrected chi connectivity index (χ2v) is 6.23. The fourth-order valence-corrected chi connectivity index (χ4v) is 2.99. The van der Waals surface area contributed by atoms with E-state index in [1.54, 1.807) is 9.80 Å². The molecule has 0 aliphatic carbocycles. The predicted molar refractivity (Wildman–Crippen MR) is 97.7 cm³/mol. The zero-order chi connectivity index (χ0) is 18.2. The van der Waals surface area contributed by atoms with Crippen molar-refractivity contribution in [2.75, 3.05) is 32.7 Å². The van der Waals surface area contributed by atoms with E-state index in [1.165, 1.54) is 24.3 Å². The Morgan fingerprint density at radius 1 is 0.962 bits per heavy atom. The largest absolute Gasteiger partial charge is 0.338 e. The highest BCUT2D eigenvalue weighted by atomic mass is 16.2. The molecule has 0 atom stereocenters. The van der Waals surface area contributed by atoms with Gasteiger partial charge in [0, 0.05) is 45.1 Å². The molecule has 1 N–H and O–H groups in total. The summed E-state index contributed by atoms with van der Waals surface area (Å²) < 4.78 is 0. The van der Waals surface area contributed by atoms with Crippen molar-refractivity contribution < 1.29 is 9.59 Å². The molecule has 1 aliphatic heterocycles. The zero-order valence-corrected chi connectivity index (χ0v) is 14.7. The van der Waals surface area contributed by atoms with Gasteiger partial charge in [-0.2, -0.15) is 0 Å². The summed E-state index contributed by atoms with van der Waals surface area (Å²) in [6.07, 6.45) is 6.01. The minimum Gasteiger partial charge on any atom is -0.338 e. The van der Waals surface area contributed by atoms with Crippen LogP contribution in [-0.2, 0) is 6.42 Å². The Labute approximate surface area is 153 Å². The van der Waals surface area contributed by atoms with E-state index in [0.29, 0.717) is 38.3 Å². The number of nitrogens with zero attached hydrogens (tertiary/aromatic N) is 4. The van der Waals surface area contributed by atoms with Crippen LogP contribution in [0.3, 0.4) is 0 Å². The van der Waals surface area contributed by atoms with Gasteiger partial charge in [0.2, 0.25) is 0 Å². The average molecular weight is 353 g/mol. The maximum Gasteiger partial charge on any atom is 0.317 e. The molecule has 7 nitrogen and oxygen atoms in total. The Morgan fingerprint density at radius 2 is 1.65 bits per heavy atom. The van der Waals surface area contributed by atoms with Crippen molar-refractivity contribution in [1.82, 2.24) is 25.1 Å². The molecule has 0 radical (unpaired) electrons. The first-order chi connectivity index (χ1) is 12.7. The van der Waals surface area contributed by atoms with E-state index in [-0.39, 0.29) is 11.9 Å². The van der Waals surface area contributed by atoms with Crippen LogP contribution < -0.4 is 5.32 Å². The third kappa shape index (κ3) is 4.78. The summed E-state index contributed by atoms with van der Waals surface area (Å²) in [5.74, 6) is -0.0862. The number of aromatic nitrogens is 2. The lowest BCUT2D eigenvalue weighted by atomic mass is 10.1. The van der Waals surface area contributed by atoms with Gasteiger partial charge in [0.1, 0.15) is 6.33 Å². The van der Waals surface area contributed by atoms with Crippen molar-refractivity contribution in [2.45, 2.75) is 12.8 Å². The summed E-state index contributed by atoms with van der Waals surface area (Å²) in [5.41, 5.74) is 1.68. The number of nitrogens with one attached hydrogen (secondary N) is 1. The Bertz CT molecular complexity index is 723. The molecule has 1 aromatic heterocycles. The lowest BCUT2D eigenvalue weighted by Crippen LogP contribution is -2.43. The summed E-state index contributed by atoms with van der Waals surface area (Å²) >= 11 is 0. The third-order valence-corrected chi connectivity index (χ3v) is 4.41. The van der Waals surface area contributed by atoms with Gasteiger partial charge < -0.3 is 15.1 Å². The molecule has 0 bridgehead atoms. The first kappa shape index (κ1) is 17.8. The lowest BCUT2D eigenvalue weighted by molar-refractivity contribution is 0.0761. The first-order valence-electron chi connectivity index (χ1n) is 8.85. The quantitative estimate of drug-likeness (QED) is 0.905. The van der Waals surface area contributed by atoms with Crippen LogP contribution in [-0.4, -0.2) is 64.4 Å². The van der Waals surface area contributed by atoms with E-state index >= 15 is 0 Å². The summed E-state index contributed by atoms with van der Waals surface area (Å²) in [7, 11) is 0. The predicted octanol–water partition coefficient (Wildman–Crippen LogP) is 1.58. The smallest absolute Gasteiger partial charge is 0.317 e. The van der Waals surface area contributed by atoms with Gasteiger partial charge >= 0.3 is 6.03 Å². The van der Waals surface area contributed by atoms with Crippen molar-refractivity contribution in [1.29, 1.82) is 0 Å². The highest BCUT2D eigenvalue weighted by molar-refractivity contribution is 5.93. The summed E-state index contributed by atoms with van der Waals surface area (Å²) in [6, 6.07) is 10.0. The standard InChI is InChI=1S/C19H23N5O2/c25-18(17-13-20-15-21-14-17)23-9-4-10-24(12-11-23)19(26)22-8-7-16-5-2-1-3-6-16/h1-3,5-6,13-15H,4,7-12H2,(H,22,26). The maximum absolute atomic E-state index is 12.5. The normalized spacial score (nSPS) is 14.6. The summed E-state index contributed by atoms with van der Waals surface area (Å²) in [6.45, 7) is 2.91. The van der Waals surface area contributed by atoms with E-state index in [4.69, 9.17) is 0 Å². The van der Waals surface area contributed by atoms with Crippen molar-refractivity contribution in [3.63, 3.8) is 0 Å². The number of hydrogen-bond donors (Lipinski definition) is 1. The highest BCUT2D eigenvalue weighted by Gasteiger charge is 2.22. The Morgan fingerprint density at radius 3 is 2.42 bits per heavy atom. The van der Waals surface area contributed by atoms with E-state index < -0.39 is 0 Å². The topological polar surface area (TPSA) is 78.4 Å². The number of amides is 3. The SMILES string of the molecule is O=C(NCCc1ccccc1)N1CCCN(C(=O)c2cncnc2)CC1. The van der Waals surface area contributed by atoms with Crippen LogP contribution in [0.5, 0.6) is 0 Å². The fraction of sp³-hybridized carbons (Fsp3) is 0.368. The number of rotatable bonds is 4. The van der Waals surface area contributed by atoms with Gasteiger partial charge in [-0.3, -0.25) is 4.79 Å². The summed E-state index contributed by atoms with van der Waals surface area (Å²) in [4.78, 5) is 36.2. The van der Waals surface area contributed by atoms with Gasteiger partial charge in [-0.15, -0.1) is 0 Å². The van der Waals surface area contributed by atoms with Gasteiger partial charge in [0.05, 0.1) is 5.56 Å². The fourth-order valence-electron chi connectivity index (χ4n) is 2.99. The van der Waals surface area contributed by atoms with Crippen molar-refractivity contribution >= 4 is 11.9 Å². The molecule has 0 spiro atoms. The number of urea groups is 1. The first-order valence-corrected chi connectivity index (χ1v) is 8.85. The molecule has 2 heterocycles. The number of hydrogen-bond acceptors (Lipinski definition) is 4. The Kier molecular flexibility index (Phi) is 6.14. The second kappa shape index (κ2) is 8.94. The molecule has 26 heavy (non-hydrogen) atoms. The van der Waals surface area contributed by atoms with E-state index in [9.17, 15) is 9.59 Å². The van der Waals surface area contributed by atoms with Crippen molar-refractivity contribution in [3.05, 3.63) is 60.2 Å². The Balaban J connectivity index is 1.47. The third-order valence-electron chi connectivity index (χ3n) is 4.41. The monoisotopic (exact) mass is 353 g/mol. The van der Waals surface area contributed by atoms with Crippen LogP contribution >= 0.6 is 0 Å². The van der Waals surface area contributed by atoms with Gasteiger partial charge in [0.25, 0.3) is 5.91 Å². The summed E-state index contributed by atoms with van der Waals surface area (Å²) in [5, 5.41) is 2.97. The molecular formula is C19H23N5O2. The molecule has 136 valence electrons. The maximum atomic E-state index is 12.5. The molecule has 2 aromatic rings. The van der Waals surface area contributed by atoms with Crippen molar-refractivity contribution in [3.8, 4) is 0 Å². The molecule has 1 aliphatic rings. The van der Waals surface area contributed by atoms with Crippen LogP contribution in [0.15, 0.2) is 49.1 Å². The minimum absolute atomic E-state index is 0.0710. The van der Waals surface area contributed by atoms with Crippen molar-refractivity contribution in [2.24, 2.45) is 0 Å². The van der Waals surface area contributed by atoms with Gasteiger partial charge in [-0.1, -0.05) is 30.3 Å². The lowest BCUT2D eigenvalue weighted by Gasteiger charge is -2.22. The molecule has 3 amide bonds. The van der Waals surface area contributed by atoms with Gasteiger partial charge in [-0.25, -0.2) is 14.8 Å². The molecular weight excluding hydrogens is 330 g/mol. The number of benzene rings is 1. The van der Waals surface area contributed by atoms with Gasteiger partial charge in [-0.05, 0) is 18.4 Å². The number of carbonyl (C=O) groups is 2. The molecule has 1 fully saturated rings. The molecule has 1 saturated heterocycles. The van der Waals surface area contributed by atoms with Crippen LogP contribution in [0.2, 0.25) is 0 Å².